The lowest BCUT2D eigenvalue weighted by molar-refractivity contribution is -0.127. The minimum atomic E-state index is -0.615. The fraction of sp³-hybridized carbons (Fsp3) is 0.174. The van der Waals surface area contributed by atoms with Crippen LogP contribution in [0.1, 0.15) is 12.5 Å². The van der Waals surface area contributed by atoms with E-state index in [2.05, 4.69) is 5.32 Å². The summed E-state index contributed by atoms with van der Waals surface area (Å²) in [5.41, 5.74) is 3.05. The van der Waals surface area contributed by atoms with Gasteiger partial charge in [0.25, 0.3) is 5.91 Å². The quantitative estimate of drug-likeness (QED) is 0.507. The highest BCUT2D eigenvalue weighted by molar-refractivity contribution is 6.08. The monoisotopic (exact) mass is 375 g/mol. The number of furan rings is 1. The summed E-state index contributed by atoms with van der Waals surface area (Å²) >= 11 is 0. The maximum absolute atomic E-state index is 12.6. The maximum Gasteiger partial charge on any atom is 0.253 e. The molecule has 0 saturated carbocycles. The Balaban J connectivity index is 1.54. The van der Waals surface area contributed by atoms with Gasteiger partial charge in [0.15, 0.2) is 0 Å². The lowest BCUT2D eigenvalue weighted by atomic mass is 10.1. The number of carbonyl (C=O) groups excluding carboxylic acids is 1. The molecule has 142 valence electrons. The number of hydrogen-bond acceptors (Lipinski definition) is 4. The third-order valence-corrected chi connectivity index (χ3v) is 4.67. The van der Waals surface area contributed by atoms with Crippen LogP contribution in [0.25, 0.3) is 21.9 Å². The second-order valence-corrected chi connectivity index (χ2v) is 6.57. The molecule has 0 bridgehead atoms. The van der Waals surface area contributed by atoms with Gasteiger partial charge in [-0.1, -0.05) is 48.5 Å². The maximum atomic E-state index is 12.6. The summed E-state index contributed by atoms with van der Waals surface area (Å²) in [5, 5.41) is 4.84. The number of para-hydroxylation sites is 1. The second-order valence-electron chi connectivity index (χ2n) is 6.57. The summed E-state index contributed by atoms with van der Waals surface area (Å²) in [6.45, 7) is 2.10. The summed E-state index contributed by atoms with van der Waals surface area (Å²) < 4.78 is 17.1. The number of rotatable bonds is 6. The first kappa shape index (κ1) is 18.1. The van der Waals surface area contributed by atoms with Crippen molar-refractivity contribution >= 4 is 33.5 Å². The number of amides is 1. The Morgan fingerprint density at radius 3 is 2.54 bits per heavy atom. The molecule has 4 aromatic rings. The van der Waals surface area contributed by atoms with Gasteiger partial charge in [-0.25, -0.2) is 0 Å². The van der Waals surface area contributed by atoms with Gasteiger partial charge in [-0.05, 0) is 24.6 Å². The molecular weight excluding hydrogens is 354 g/mol. The molecule has 28 heavy (non-hydrogen) atoms. The van der Waals surface area contributed by atoms with E-state index in [0.717, 1.165) is 21.9 Å². The molecule has 0 saturated heterocycles. The number of ether oxygens (including phenoxy) is 2. The average Bonchev–Trinajstić information content (AvgIpc) is 3.09. The molecule has 0 aliphatic carbocycles. The van der Waals surface area contributed by atoms with Crippen molar-refractivity contribution in [2.75, 3.05) is 12.4 Å². The van der Waals surface area contributed by atoms with Crippen molar-refractivity contribution in [3.8, 4) is 5.75 Å². The molecule has 1 heterocycles. The molecule has 5 nitrogen and oxygen atoms in total. The summed E-state index contributed by atoms with van der Waals surface area (Å²) in [6.07, 6.45) is -0.615. The first-order chi connectivity index (χ1) is 13.7. The molecule has 0 radical (unpaired) electrons. The van der Waals surface area contributed by atoms with Crippen molar-refractivity contribution in [1.29, 1.82) is 0 Å². The smallest absolute Gasteiger partial charge is 0.253 e. The van der Waals surface area contributed by atoms with E-state index in [-0.39, 0.29) is 5.91 Å². The third kappa shape index (κ3) is 3.57. The van der Waals surface area contributed by atoms with E-state index < -0.39 is 6.10 Å². The van der Waals surface area contributed by atoms with Crippen LogP contribution >= 0.6 is 0 Å². The molecule has 3 aromatic carbocycles. The predicted molar refractivity (Wildman–Crippen MR) is 110 cm³/mol. The molecule has 1 unspecified atom stereocenters. The summed E-state index contributed by atoms with van der Waals surface area (Å²) in [4.78, 5) is 12.6. The van der Waals surface area contributed by atoms with Crippen molar-refractivity contribution in [1.82, 2.24) is 0 Å². The Morgan fingerprint density at radius 1 is 1.00 bits per heavy atom. The Morgan fingerprint density at radius 2 is 1.75 bits per heavy atom. The first-order valence-corrected chi connectivity index (χ1v) is 9.11. The highest BCUT2D eigenvalue weighted by Crippen LogP contribution is 2.36. The van der Waals surface area contributed by atoms with Crippen LogP contribution in [0, 0.1) is 0 Å². The number of carbonyl (C=O) groups is 1. The van der Waals surface area contributed by atoms with Crippen LogP contribution in [0.2, 0.25) is 0 Å². The van der Waals surface area contributed by atoms with Crippen LogP contribution in [0.5, 0.6) is 5.75 Å². The molecule has 0 fully saturated rings. The number of benzene rings is 3. The zero-order valence-electron chi connectivity index (χ0n) is 15.8. The second kappa shape index (κ2) is 7.74. The number of anilines is 1. The molecule has 4 rings (SSSR count). The van der Waals surface area contributed by atoms with E-state index in [1.807, 2.05) is 60.7 Å². The Hall–Kier alpha value is -3.31. The van der Waals surface area contributed by atoms with Crippen LogP contribution in [0.3, 0.4) is 0 Å². The third-order valence-electron chi connectivity index (χ3n) is 4.67. The highest BCUT2D eigenvalue weighted by Gasteiger charge is 2.18. The van der Waals surface area contributed by atoms with Crippen LogP contribution in [-0.4, -0.2) is 19.1 Å². The van der Waals surface area contributed by atoms with Gasteiger partial charge >= 0.3 is 0 Å². The zero-order chi connectivity index (χ0) is 19.5. The number of fused-ring (bicyclic) bond motifs is 3. The molecule has 5 heteroatoms. The minimum Gasteiger partial charge on any atom is -0.495 e. The van der Waals surface area contributed by atoms with Gasteiger partial charge in [-0.3, -0.25) is 4.79 Å². The molecule has 1 N–H and O–H groups in total. The normalized spacial score (nSPS) is 12.2. The van der Waals surface area contributed by atoms with Crippen molar-refractivity contribution in [2.45, 2.75) is 19.6 Å². The van der Waals surface area contributed by atoms with Gasteiger partial charge in [0.1, 0.15) is 23.0 Å². The van der Waals surface area contributed by atoms with Gasteiger partial charge in [0.2, 0.25) is 0 Å². The van der Waals surface area contributed by atoms with Crippen LogP contribution in [-0.2, 0) is 16.1 Å². The van der Waals surface area contributed by atoms with Crippen molar-refractivity contribution < 1.29 is 18.7 Å². The first-order valence-electron chi connectivity index (χ1n) is 9.11. The van der Waals surface area contributed by atoms with E-state index in [4.69, 9.17) is 13.9 Å². The van der Waals surface area contributed by atoms with E-state index in [1.54, 1.807) is 20.1 Å². The van der Waals surface area contributed by atoms with Crippen molar-refractivity contribution in [3.63, 3.8) is 0 Å². The fourth-order valence-electron chi connectivity index (χ4n) is 3.12. The average molecular weight is 375 g/mol. The Labute approximate surface area is 162 Å². The number of nitrogens with one attached hydrogen (secondary N) is 1. The highest BCUT2D eigenvalue weighted by atomic mass is 16.5. The molecule has 1 aromatic heterocycles. The van der Waals surface area contributed by atoms with Gasteiger partial charge in [-0.2, -0.15) is 0 Å². The minimum absolute atomic E-state index is 0.246. The Bertz CT molecular complexity index is 1120. The molecular formula is C23H21NO4. The van der Waals surface area contributed by atoms with Crippen molar-refractivity contribution in [2.24, 2.45) is 0 Å². The fourth-order valence-corrected chi connectivity index (χ4v) is 3.12. The van der Waals surface area contributed by atoms with E-state index >= 15 is 0 Å². The van der Waals surface area contributed by atoms with E-state index in [9.17, 15) is 4.79 Å². The van der Waals surface area contributed by atoms with Crippen LogP contribution in [0.15, 0.2) is 71.1 Å². The SMILES string of the molecule is COc1cc2c(cc1NC(=O)C(C)OCc1ccccc1)oc1ccccc12. The standard InChI is InChI=1S/C23H21NO4/c1-15(27-14-16-8-4-3-5-9-16)23(25)24-19-13-21-18(12-22(19)26-2)17-10-6-7-11-20(17)28-21/h3-13,15H,14H2,1-2H3,(H,24,25). The number of methoxy groups -OCH3 is 1. The van der Waals surface area contributed by atoms with Gasteiger partial charge in [0, 0.05) is 16.8 Å². The topological polar surface area (TPSA) is 60.7 Å². The van der Waals surface area contributed by atoms with Crippen LogP contribution < -0.4 is 10.1 Å². The van der Waals surface area contributed by atoms with E-state index in [0.29, 0.717) is 23.6 Å². The largest absolute Gasteiger partial charge is 0.495 e. The van der Waals surface area contributed by atoms with Gasteiger partial charge in [0.05, 0.1) is 19.4 Å². The molecule has 0 spiro atoms. The summed E-state index contributed by atoms with van der Waals surface area (Å²) in [5.74, 6) is 0.326. The molecule has 1 atom stereocenters. The lowest BCUT2D eigenvalue weighted by Gasteiger charge is -2.15. The van der Waals surface area contributed by atoms with E-state index in [1.165, 1.54) is 0 Å². The number of hydrogen-bond donors (Lipinski definition) is 1. The van der Waals surface area contributed by atoms with Gasteiger partial charge in [-0.15, -0.1) is 0 Å². The summed E-state index contributed by atoms with van der Waals surface area (Å²) in [6, 6.07) is 21.2. The zero-order valence-corrected chi connectivity index (χ0v) is 15.8. The lowest BCUT2D eigenvalue weighted by Crippen LogP contribution is -2.27. The van der Waals surface area contributed by atoms with Crippen molar-refractivity contribution in [3.05, 3.63) is 72.3 Å². The molecule has 0 aliphatic heterocycles. The van der Waals surface area contributed by atoms with Crippen LogP contribution in [0.4, 0.5) is 5.69 Å². The predicted octanol–water partition coefficient (Wildman–Crippen LogP) is 5.14. The summed E-state index contributed by atoms with van der Waals surface area (Å²) in [7, 11) is 1.58. The molecule has 0 aliphatic rings. The Kier molecular flexibility index (Phi) is 5.00. The molecule has 1 amide bonds. The van der Waals surface area contributed by atoms with Gasteiger partial charge < -0.3 is 19.2 Å².